The van der Waals surface area contributed by atoms with Crippen molar-refractivity contribution in [3.8, 4) is 11.8 Å². The molecule has 2 aliphatic carbocycles. The minimum Gasteiger partial charge on any atom is -0.481 e. The molecule has 1 aromatic carbocycles. The van der Waals surface area contributed by atoms with E-state index >= 15 is 0 Å². The van der Waals surface area contributed by atoms with Crippen LogP contribution in [-0.4, -0.2) is 33.5 Å². The Morgan fingerprint density at radius 3 is 2.77 bits per heavy atom. The van der Waals surface area contributed by atoms with Gasteiger partial charge in [0.1, 0.15) is 6.10 Å². The van der Waals surface area contributed by atoms with E-state index in [0.29, 0.717) is 31.1 Å². The number of carbonyl (C=O) groups is 1. The molecule has 0 aromatic heterocycles. The van der Waals surface area contributed by atoms with Crippen LogP contribution >= 0.6 is 0 Å². The number of carboxylic acids is 1. The fourth-order valence-electron chi connectivity index (χ4n) is 4.17. The number of benzene rings is 1. The molecule has 4 heteroatoms. The Bertz CT molecular complexity index is 713. The normalized spacial score (nSPS) is 29.8. The van der Waals surface area contributed by atoms with E-state index < -0.39 is 18.2 Å². The van der Waals surface area contributed by atoms with E-state index in [9.17, 15) is 15.0 Å². The van der Waals surface area contributed by atoms with E-state index in [2.05, 4.69) is 17.9 Å². The van der Waals surface area contributed by atoms with Gasteiger partial charge >= 0.3 is 5.97 Å². The number of aliphatic carboxylic acids is 1. The number of aliphatic hydroxyl groups excluding tert-OH is 2. The summed E-state index contributed by atoms with van der Waals surface area (Å²) in [6, 6.07) is 9.76. The molecule has 2 fully saturated rings. The smallest absolute Gasteiger partial charge is 0.303 e. The third kappa shape index (κ3) is 4.55. The Morgan fingerprint density at radius 1 is 1.27 bits per heavy atom. The molecule has 0 bridgehead atoms. The lowest BCUT2D eigenvalue weighted by molar-refractivity contribution is -0.136. The van der Waals surface area contributed by atoms with Crippen molar-refractivity contribution in [1.29, 1.82) is 0 Å². The maximum absolute atomic E-state index is 10.6. The predicted octanol–water partition coefficient (Wildman–Crippen LogP) is 2.79. The van der Waals surface area contributed by atoms with Crippen LogP contribution in [0.4, 0.5) is 0 Å². The second kappa shape index (κ2) is 8.53. The number of allylic oxidation sites excluding steroid dienone is 2. The van der Waals surface area contributed by atoms with E-state index in [1.54, 1.807) is 0 Å². The van der Waals surface area contributed by atoms with Crippen molar-refractivity contribution in [3.63, 3.8) is 0 Å². The van der Waals surface area contributed by atoms with Crippen molar-refractivity contribution in [2.75, 3.05) is 0 Å². The molecule has 26 heavy (non-hydrogen) atoms. The van der Waals surface area contributed by atoms with Gasteiger partial charge in [-0.2, -0.15) is 0 Å². The minimum atomic E-state index is -0.770. The molecule has 2 saturated carbocycles. The van der Waals surface area contributed by atoms with Crippen LogP contribution in [0.3, 0.4) is 0 Å². The van der Waals surface area contributed by atoms with Crippen molar-refractivity contribution in [1.82, 2.24) is 0 Å². The van der Waals surface area contributed by atoms with Crippen LogP contribution in [-0.2, 0) is 11.2 Å². The van der Waals surface area contributed by atoms with Crippen molar-refractivity contribution >= 4 is 5.97 Å². The van der Waals surface area contributed by atoms with Crippen LogP contribution in [0, 0.1) is 29.6 Å². The zero-order valence-electron chi connectivity index (χ0n) is 14.8. The predicted molar refractivity (Wildman–Crippen MR) is 99.2 cm³/mol. The van der Waals surface area contributed by atoms with Gasteiger partial charge in [0.15, 0.2) is 0 Å². The zero-order chi connectivity index (χ0) is 18.5. The van der Waals surface area contributed by atoms with Crippen LogP contribution in [0.15, 0.2) is 42.0 Å². The summed E-state index contributed by atoms with van der Waals surface area (Å²) in [5.74, 6) is 5.95. The molecule has 138 valence electrons. The second-order valence-electron chi connectivity index (χ2n) is 7.35. The van der Waals surface area contributed by atoms with Gasteiger partial charge in [0, 0.05) is 12.8 Å². The van der Waals surface area contributed by atoms with E-state index in [4.69, 9.17) is 5.11 Å². The summed E-state index contributed by atoms with van der Waals surface area (Å²) in [6.07, 6.45) is 4.66. The van der Waals surface area contributed by atoms with Crippen LogP contribution in [0.1, 0.15) is 37.7 Å². The van der Waals surface area contributed by atoms with Gasteiger partial charge in [0.05, 0.1) is 12.0 Å². The van der Waals surface area contributed by atoms with Gasteiger partial charge in [-0.05, 0) is 43.1 Å². The Kier molecular flexibility index (Phi) is 6.13. The highest BCUT2D eigenvalue weighted by atomic mass is 16.4. The van der Waals surface area contributed by atoms with Gasteiger partial charge in [0.2, 0.25) is 0 Å². The quantitative estimate of drug-likeness (QED) is 0.561. The Morgan fingerprint density at radius 2 is 2.04 bits per heavy atom. The number of rotatable bonds is 5. The van der Waals surface area contributed by atoms with E-state index in [1.165, 1.54) is 5.57 Å². The topological polar surface area (TPSA) is 77.8 Å². The summed E-state index contributed by atoms with van der Waals surface area (Å²) in [6.45, 7) is 0. The molecule has 0 radical (unpaired) electrons. The van der Waals surface area contributed by atoms with Gasteiger partial charge in [0.25, 0.3) is 0 Å². The highest BCUT2D eigenvalue weighted by Gasteiger charge is 2.46. The third-order valence-corrected chi connectivity index (χ3v) is 5.57. The van der Waals surface area contributed by atoms with Crippen LogP contribution in [0.2, 0.25) is 0 Å². The maximum atomic E-state index is 10.6. The number of hydrogen-bond donors (Lipinski definition) is 3. The molecule has 4 nitrogen and oxygen atoms in total. The average Bonchev–Trinajstić information content (AvgIpc) is 2.59. The molecule has 5 atom stereocenters. The summed E-state index contributed by atoms with van der Waals surface area (Å²) in [5.41, 5.74) is 2.36. The van der Waals surface area contributed by atoms with Crippen LogP contribution in [0.5, 0.6) is 0 Å². The minimum absolute atomic E-state index is 0.101. The monoisotopic (exact) mass is 354 g/mol. The Hall–Kier alpha value is -2.09. The van der Waals surface area contributed by atoms with Gasteiger partial charge in [-0.1, -0.05) is 53.8 Å². The molecule has 0 amide bonds. The van der Waals surface area contributed by atoms with Crippen molar-refractivity contribution in [2.24, 2.45) is 17.8 Å². The molecule has 2 aliphatic rings. The molecule has 1 aromatic rings. The highest BCUT2D eigenvalue weighted by molar-refractivity contribution is 5.66. The summed E-state index contributed by atoms with van der Waals surface area (Å²) in [7, 11) is 0. The lowest BCUT2D eigenvalue weighted by Gasteiger charge is -2.48. The van der Waals surface area contributed by atoms with Crippen molar-refractivity contribution in [3.05, 3.63) is 47.5 Å². The number of fused-ring (bicyclic) bond motifs is 1. The van der Waals surface area contributed by atoms with Gasteiger partial charge in [-0.3, -0.25) is 4.79 Å². The van der Waals surface area contributed by atoms with E-state index in [-0.39, 0.29) is 12.3 Å². The Labute approximate surface area is 154 Å². The molecule has 1 unspecified atom stereocenters. The van der Waals surface area contributed by atoms with Gasteiger partial charge in [-0.15, -0.1) is 0 Å². The fraction of sp³-hybridized carbons (Fsp3) is 0.500. The first-order valence-corrected chi connectivity index (χ1v) is 9.36. The summed E-state index contributed by atoms with van der Waals surface area (Å²) in [5, 5.41) is 29.3. The second-order valence-corrected chi connectivity index (χ2v) is 7.35. The van der Waals surface area contributed by atoms with Crippen molar-refractivity contribution < 1.29 is 20.1 Å². The van der Waals surface area contributed by atoms with Crippen LogP contribution < -0.4 is 0 Å². The van der Waals surface area contributed by atoms with E-state index in [0.717, 1.165) is 18.4 Å². The standard InChI is InChI=1S/C22H26O4/c23-17(13-15-5-2-1-3-6-15)9-10-19-20-14-16(7-4-8-22(25)26)18(20)11-12-21(19)24/h1-3,5-7,17-21,23-24H,4,8,11-14H2,(H,25,26)/b16-7+/t17?,18-,19-,20+,21-/m1/s1. The largest absolute Gasteiger partial charge is 0.481 e. The summed E-state index contributed by atoms with van der Waals surface area (Å²) in [4.78, 5) is 10.6. The molecule has 0 saturated heterocycles. The maximum Gasteiger partial charge on any atom is 0.303 e. The third-order valence-electron chi connectivity index (χ3n) is 5.57. The summed E-state index contributed by atoms with van der Waals surface area (Å²) < 4.78 is 0. The van der Waals surface area contributed by atoms with Gasteiger partial charge in [-0.25, -0.2) is 0 Å². The average molecular weight is 354 g/mol. The molecule has 3 rings (SSSR count). The number of aliphatic hydroxyl groups is 2. The van der Waals surface area contributed by atoms with E-state index in [1.807, 2.05) is 30.3 Å². The molecular weight excluding hydrogens is 328 g/mol. The number of carboxylic acid groups (broad SMARTS) is 1. The molecule has 0 heterocycles. The van der Waals surface area contributed by atoms with Crippen molar-refractivity contribution in [2.45, 2.75) is 50.7 Å². The SMILES string of the molecule is O=C(O)CC/C=C1\C[C@@H]2[C@@H](C#CC(O)Cc3ccccc3)[C@H](O)CC[C@H]12. The first kappa shape index (κ1) is 18.7. The number of hydrogen-bond acceptors (Lipinski definition) is 3. The molecule has 3 N–H and O–H groups in total. The zero-order valence-corrected chi connectivity index (χ0v) is 14.8. The fourth-order valence-corrected chi connectivity index (χ4v) is 4.17. The van der Waals surface area contributed by atoms with Crippen LogP contribution in [0.25, 0.3) is 0 Å². The lowest BCUT2D eigenvalue weighted by atomic mass is 9.57. The first-order valence-electron chi connectivity index (χ1n) is 9.36. The highest BCUT2D eigenvalue weighted by Crippen LogP contribution is 2.51. The molecular formula is C22H26O4. The summed E-state index contributed by atoms with van der Waals surface area (Å²) >= 11 is 0. The van der Waals surface area contributed by atoms with Gasteiger partial charge < -0.3 is 15.3 Å². The first-order chi connectivity index (χ1) is 12.5. The lowest BCUT2D eigenvalue weighted by Crippen LogP contribution is -2.44. The molecule has 0 aliphatic heterocycles. The molecule has 0 spiro atoms. The Balaban J connectivity index is 1.59.